The van der Waals surface area contributed by atoms with Gasteiger partial charge in [0.25, 0.3) is 5.91 Å². The molecule has 8 heteroatoms. The van der Waals surface area contributed by atoms with Gasteiger partial charge in [-0.25, -0.2) is 9.69 Å². The summed E-state index contributed by atoms with van der Waals surface area (Å²) in [6.07, 6.45) is -0.813. The van der Waals surface area contributed by atoms with Crippen LogP contribution in [0.5, 0.6) is 5.75 Å². The molecule has 1 aromatic rings. The van der Waals surface area contributed by atoms with E-state index in [0.717, 1.165) is 10.5 Å². The first-order valence-corrected chi connectivity index (χ1v) is 7.65. The predicted octanol–water partition coefficient (Wildman–Crippen LogP) is 2.06. The molecule has 0 atom stereocenters. The minimum absolute atomic E-state index is 0.225. The van der Waals surface area contributed by atoms with Crippen molar-refractivity contribution in [3.8, 4) is 5.75 Å². The fourth-order valence-corrected chi connectivity index (χ4v) is 2.53. The molecule has 1 heterocycles. The third kappa shape index (κ3) is 3.62. The highest BCUT2D eigenvalue weighted by Gasteiger charge is 2.47. The van der Waals surface area contributed by atoms with Crippen LogP contribution in [0.3, 0.4) is 0 Å². The van der Waals surface area contributed by atoms with Crippen molar-refractivity contribution >= 4 is 29.5 Å². The number of ether oxygens (including phenoxy) is 2. The molecule has 0 spiro atoms. The van der Waals surface area contributed by atoms with Crippen molar-refractivity contribution in [2.45, 2.75) is 26.0 Å². The molecule has 2 rings (SSSR count). The number of carbonyl (C=O) groups is 3. The van der Waals surface area contributed by atoms with Crippen molar-refractivity contribution in [2.75, 3.05) is 20.7 Å². The lowest BCUT2D eigenvalue weighted by Crippen LogP contribution is -2.43. The molecule has 0 aliphatic carbocycles. The van der Waals surface area contributed by atoms with Crippen LogP contribution in [0.25, 0.3) is 0 Å². The van der Waals surface area contributed by atoms with Crippen molar-refractivity contribution in [1.82, 2.24) is 9.80 Å². The maximum Gasteiger partial charge on any atom is 0.418 e. The number of imide groups is 1. The first kappa shape index (κ1) is 18.1. The molecular weight excluding hydrogens is 336 g/mol. The van der Waals surface area contributed by atoms with Gasteiger partial charge >= 0.3 is 6.09 Å². The van der Waals surface area contributed by atoms with Gasteiger partial charge in [0.2, 0.25) is 5.91 Å². The topological polar surface area (TPSA) is 76.2 Å². The Kier molecular flexibility index (Phi) is 5.03. The summed E-state index contributed by atoms with van der Waals surface area (Å²) < 4.78 is 10.2. The minimum Gasteiger partial charge on any atom is -0.496 e. The van der Waals surface area contributed by atoms with E-state index in [2.05, 4.69) is 0 Å². The molecular formula is C16H19ClN2O5. The lowest BCUT2D eigenvalue weighted by atomic mass is 10.1. The van der Waals surface area contributed by atoms with Crippen LogP contribution in [0.15, 0.2) is 18.2 Å². The van der Waals surface area contributed by atoms with Crippen LogP contribution in [0.4, 0.5) is 4.79 Å². The smallest absolute Gasteiger partial charge is 0.418 e. The molecule has 7 nitrogen and oxygen atoms in total. The number of rotatable bonds is 5. The summed E-state index contributed by atoms with van der Waals surface area (Å²) in [5, 5.41) is 0.520. The summed E-state index contributed by atoms with van der Waals surface area (Å²) in [6, 6.07) is 5.09. The normalized spacial score (nSPS) is 16.1. The molecule has 0 saturated carbocycles. The van der Waals surface area contributed by atoms with Gasteiger partial charge in [0.15, 0.2) is 5.60 Å². The van der Waals surface area contributed by atoms with Gasteiger partial charge in [-0.2, -0.15) is 0 Å². The second-order valence-electron chi connectivity index (χ2n) is 5.98. The van der Waals surface area contributed by atoms with Crippen molar-refractivity contribution in [3.63, 3.8) is 0 Å². The Balaban J connectivity index is 2.07. The summed E-state index contributed by atoms with van der Waals surface area (Å²) in [7, 11) is 3.09. The second kappa shape index (κ2) is 6.68. The van der Waals surface area contributed by atoms with E-state index >= 15 is 0 Å². The third-order valence-electron chi connectivity index (χ3n) is 3.69. The van der Waals surface area contributed by atoms with E-state index in [9.17, 15) is 14.4 Å². The number of halogens is 1. The quantitative estimate of drug-likeness (QED) is 0.809. The average molecular weight is 355 g/mol. The van der Waals surface area contributed by atoms with E-state index in [-0.39, 0.29) is 13.1 Å². The number of methoxy groups -OCH3 is 1. The predicted molar refractivity (Wildman–Crippen MR) is 86.8 cm³/mol. The van der Waals surface area contributed by atoms with Gasteiger partial charge in [0.05, 0.1) is 7.11 Å². The molecule has 1 aromatic carbocycles. The molecule has 1 aliphatic rings. The number of amides is 3. The van der Waals surface area contributed by atoms with E-state index in [0.29, 0.717) is 10.8 Å². The molecule has 24 heavy (non-hydrogen) atoms. The Morgan fingerprint density at radius 2 is 2.04 bits per heavy atom. The first-order chi connectivity index (χ1) is 11.2. The van der Waals surface area contributed by atoms with Crippen LogP contribution in [-0.2, 0) is 20.9 Å². The molecule has 1 saturated heterocycles. The van der Waals surface area contributed by atoms with Crippen LogP contribution in [0, 0.1) is 0 Å². The molecule has 0 radical (unpaired) electrons. The van der Waals surface area contributed by atoms with Crippen LogP contribution >= 0.6 is 11.6 Å². The van der Waals surface area contributed by atoms with Gasteiger partial charge in [0, 0.05) is 24.2 Å². The summed E-state index contributed by atoms with van der Waals surface area (Å²) in [5.41, 5.74) is -0.525. The first-order valence-electron chi connectivity index (χ1n) is 7.27. The van der Waals surface area contributed by atoms with E-state index in [1.165, 1.54) is 25.9 Å². The van der Waals surface area contributed by atoms with Crippen LogP contribution in [0.1, 0.15) is 19.4 Å². The molecule has 3 amide bonds. The van der Waals surface area contributed by atoms with Crippen LogP contribution in [-0.4, -0.2) is 54.0 Å². The Hall–Kier alpha value is -2.28. The number of cyclic esters (lactones) is 1. The van der Waals surface area contributed by atoms with Crippen molar-refractivity contribution < 1.29 is 23.9 Å². The highest BCUT2D eigenvalue weighted by Crippen LogP contribution is 2.25. The number of carbonyl (C=O) groups excluding carboxylic acids is 3. The molecule has 0 aromatic heterocycles. The van der Waals surface area contributed by atoms with Gasteiger partial charge in [-0.3, -0.25) is 9.59 Å². The zero-order chi connectivity index (χ0) is 18.1. The Morgan fingerprint density at radius 1 is 1.38 bits per heavy atom. The fourth-order valence-electron chi connectivity index (χ4n) is 2.33. The van der Waals surface area contributed by atoms with Gasteiger partial charge < -0.3 is 14.4 Å². The van der Waals surface area contributed by atoms with E-state index in [4.69, 9.17) is 21.1 Å². The lowest BCUT2D eigenvalue weighted by Gasteiger charge is -2.21. The Bertz CT molecular complexity index is 689. The number of nitrogens with zero attached hydrogens (tertiary/aromatic N) is 2. The van der Waals surface area contributed by atoms with Gasteiger partial charge in [-0.15, -0.1) is 0 Å². The Labute approximate surface area is 145 Å². The molecule has 1 fully saturated rings. The van der Waals surface area contributed by atoms with Crippen LogP contribution in [0.2, 0.25) is 5.02 Å². The van der Waals surface area contributed by atoms with E-state index in [1.807, 2.05) is 0 Å². The van der Waals surface area contributed by atoms with E-state index < -0.39 is 23.5 Å². The number of hydrogen-bond acceptors (Lipinski definition) is 5. The molecule has 0 N–H and O–H groups in total. The molecule has 0 unspecified atom stereocenters. The summed E-state index contributed by atoms with van der Waals surface area (Å²) in [4.78, 5) is 38.4. The third-order valence-corrected chi connectivity index (χ3v) is 3.93. The van der Waals surface area contributed by atoms with Crippen molar-refractivity contribution in [2.24, 2.45) is 0 Å². The summed E-state index contributed by atoms with van der Waals surface area (Å²) in [6.45, 7) is 2.82. The van der Waals surface area contributed by atoms with E-state index in [1.54, 1.807) is 25.2 Å². The summed E-state index contributed by atoms with van der Waals surface area (Å²) in [5.74, 6) is -0.341. The van der Waals surface area contributed by atoms with Gasteiger partial charge in [-0.05, 0) is 32.0 Å². The zero-order valence-corrected chi connectivity index (χ0v) is 14.7. The van der Waals surface area contributed by atoms with Gasteiger partial charge in [0.1, 0.15) is 12.3 Å². The zero-order valence-electron chi connectivity index (χ0n) is 14.0. The monoisotopic (exact) mass is 354 g/mol. The molecule has 0 bridgehead atoms. The average Bonchev–Trinajstić information content (AvgIpc) is 2.69. The van der Waals surface area contributed by atoms with Gasteiger partial charge in [-0.1, -0.05) is 11.6 Å². The second-order valence-corrected chi connectivity index (χ2v) is 6.41. The molecule has 1 aliphatic heterocycles. The number of benzene rings is 1. The molecule has 130 valence electrons. The van der Waals surface area contributed by atoms with Crippen molar-refractivity contribution in [1.29, 1.82) is 0 Å². The number of likely N-dealkylation sites (N-methyl/N-ethyl adjacent to an activating group) is 1. The summed E-state index contributed by atoms with van der Waals surface area (Å²) >= 11 is 5.97. The SMILES string of the molecule is COc1ccc(Cl)cc1CN(C)C(=O)CN1C(=O)OC(C)(C)C1=O. The highest BCUT2D eigenvalue weighted by atomic mass is 35.5. The lowest BCUT2D eigenvalue weighted by molar-refractivity contribution is -0.139. The number of hydrogen-bond donors (Lipinski definition) is 0. The highest BCUT2D eigenvalue weighted by molar-refractivity contribution is 6.30. The fraction of sp³-hybridized carbons (Fsp3) is 0.438. The maximum absolute atomic E-state index is 12.3. The minimum atomic E-state index is -1.24. The maximum atomic E-state index is 12.3. The van der Waals surface area contributed by atoms with Crippen LogP contribution < -0.4 is 4.74 Å². The largest absolute Gasteiger partial charge is 0.496 e. The standard InChI is InChI=1S/C16H19ClN2O5/c1-16(2)14(21)19(15(22)24-16)9-13(20)18(3)8-10-7-11(17)5-6-12(10)23-4/h5-7H,8-9H2,1-4H3. The van der Waals surface area contributed by atoms with Crippen molar-refractivity contribution in [3.05, 3.63) is 28.8 Å². The Morgan fingerprint density at radius 3 is 2.58 bits per heavy atom.